The van der Waals surface area contributed by atoms with Gasteiger partial charge in [-0.25, -0.2) is 0 Å². The molecule has 0 spiro atoms. The lowest BCUT2D eigenvalue weighted by Gasteiger charge is -2.09. The Morgan fingerprint density at radius 3 is 2.57 bits per heavy atom. The quantitative estimate of drug-likeness (QED) is 0.570. The van der Waals surface area contributed by atoms with E-state index in [1.54, 1.807) is 31.2 Å². The highest BCUT2D eigenvalue weighted by Gasteiger charge is 2.30. The fourth-order valence-electron chi connectivity index (χ4n) is 2.61. The number of hydrogen-bond acceptors (Lipinski definition) is 2. The summed E-state index contributed by atoms with van der Waals surface area (Å²) in [7, 11) is 0. The molecule has 0 aliphatic heterocycles. The molecule has 28 heavy (non-hydrogen) atoms. The van der Waals surface area contributed by atoms with Crippen molar-refractivity contribution in [2.24, 2.45) is 0 Å². The molecule has 1 N–H and O–H groups in total. The Bertz CT molecular complexity index is 1030. The molecule has 0 fully saturated rings. The number of anilines is 1. The minimum atomic E-state index is -4.41. The third-order valence-electron chi connectivity index (χ3n) is 4.01. The van der Waals surface area contributed by atoms with Crippen molar-refractivity contribution in [1.82, 2.24) is 9.78 Å². The van der Waals surface area contributed by atoms with Gasteiger partial charge in [-0.1, -0.05) is 41.4 Å². The first kappa shape index (κ1) is 20.2. The van der Waals surface area contributed by atoms with Crippen molar-refractivity contribution in [1.29, 1.82) is 0 Å². The summed E-state index contributed by atoms with van der Waals surface area (Å²) >= 11 is 12.0. The Hall–Kier alpha value is -2.51. The molecule has 0 bridgehead atoms. The van der Waals surface area contributed by atoms with Crippen molar-refractivity contribution in [3.63, 3.8) is 0 Å². The van der Waals surface area contributed by atoms with Gasteiger partial charge < -0.3 is 5.32 Å². The van der Waals surface area contributed by atoms with E-state index < -0.39 is 17.6 Å². The van der Waals surface area contributed by atoms with Gasteiger partial charge in [0, 0.05) is 11.8 Å². The number of alkyl halides is 3. The summed E-state index contributed by atoms with van der Waals surface area (Å²) in [4.78, 5) is 12.4. The number of amides is 1. The molecule has 1 heterocycles. The molecule has 1 aromatic heterocycles. The minimum absolute atomic E-state index is 0.127. The van der Waals surface area contributed by atoms with Gasteiger partial charge in [0.15, 0.2) is 5.82 Å². The summed E-state index contributed by atoms with van der Waals surface area (Å²) < 4.78 is 40.1. The predicted molar refractivity (Wildman–Crippen MR) is 102 cm³/mol. The highest BCUT2D eigenvalue weighted by atomic mass is 35.5. The van der Waals surface area contributed by atoms with E-state index in [2.05, 4.69) is 10.4 Å². The van der Waals surface area contributed by atoms with Gasteiger partial charge in [-0.3, -0.25) is 9.48 Å². The average molecular weight is 428 g/mol. The van der Waals surface area contributed by atoms with Gasteiger partial charge in [-0.05, 0) is 36.8 Å². The van der Waals surface area contributed by atoms with Gasteiger partial charge in [0.25, 0.3) is 5.91 Å². The van der Waals surface area contributed by atoms with E-state index in [1.807, 2.05) is 0 Å². The third-order valence-corrected chi connectivity index (χ3v) is 4.82. The molecule has 146 valence electrons. The number of nitrogens with one attached hydrogen (secondary N) is 1. The maximum atomic E-state index is 12.9. The van der Waals surface area contributed by atoms with Crippen molar-refractivity contribution in [2.45, 2.75) is 19.6 Å². The van der Waals surface area contributed by atoms with E-state index in [0.29, 0.717) is 11.3 Å². The lowest BCUT2D eigenvalue weighted by Crippen LogP contribution is -2.13. The van der Waals surface area contributed by atoms with Crippen LogP contribution in [0.25, 0.3) is 0 Å². The topological polar surface area (TPSA) is 46.9 Å². The first-order valence-electron chi connectivity index (χ1n) is 8.11. The Balaban J connectivity index is 1.78. The molecule has 2 aromatic carbocycles. The van der Waals surface area contributed by atoms with Gasteiger partial charge in [0.1, 0.15) is 0 Å². The molecule has 0 saturated carbocycles. The Kier molecular flexibility index (Phi) is 5.67. The van der Waals surface area contributed by atoms with Gasteiger partial charge in [0.05, 0.1) is 27.7 Å². The first-order valence-corrected chi connectivity index (χ1v) is 8.86. The number of benzene rings is 2. The van der Waals surface area contributed by atoms with Crippen LogP contribution in [0.5, 0.6) is 0 Å². The molecule has 4 nitrogen and oxygen atoms in total. The Labute approximate surface area is 168 Å². The summed E-state index contributed by atoms with van der Waals surface area (Å²) in [5.41, 5.74) is 0.583. The van der Waals surface area contributed by atoms with E-state index >= 15 is 0 Å². The third kappa shape index (κ3) is 4.48. The van der Waals surface area contributed by atoms with Crippen LogP contribution in [-0.2, 0) is 12.7 Å². The molecule has 0 atom stereocenters. The maximum Gasteiger partial charge on any atom is 0.416 e. The van der Waals surface area contributed by atoms with Crippen LogP contribution in [0.15, 0.2) is 48.5 Å². The molecule has 3 aromatic rings. The summed E-state index contributed by atoms with van der Waals surface area (Å²) in [6.45, 7) is 1.87. The number of aromatic nitrogens is 2. The molecular formula is C19H14Cl2F3N3O. The van der Waals surface area contributed by atoms with E-state index in [9.17, 15) is 18.0 Å². The number of halogens is 5. The van der Waals surface area contributed by atoms with Crippen LogP contribution in [0.1, 0.15) is 27.2 Å². The highest BCUT2D eigenvalue weighted by Crippen LogP contribution is 2.30. The first-order chi connectivity index (χ1) is 13.1. The zero-order valence-corrected chi connectivity index (χ0v) is 16.0. The number of nitrogens with zero attached hydrogens (tertiary/aromatic N) is 2. The number of carbonyl (C=O) groups excluding carboxylic acids is 1. The van der Waals surface area contributed by atoms with Crippen molar-refractivity contribution >= 4 is 34.9 Å². The summed E-state index contributed by atoms with van der Waals surface area (Å²) in [5.74, 6) is -0.235. The highest BCUT2D eigenvalue weighted by molar-refractivity contribution is 6.44. The van der Waals surface area contributed by atoms with Crippen LogP contribution in [0.4, 0.5) is 19.0 Å². The van der Waals surface area contributed by atoms with Gasteiger partial charge in [-0.2, -0.15) is 18.3 Å². The number of hydrogen-bond donors (Lipinski definition) is 1. The van der Waals surface area contributed by atoms with Crippen LogP contribution in [0.2, 0.25) is 10.0 Å². The number of carbonyl (C=O) groups is 1. The molecule has 3 rings (SSSR count). The van der Waals surface area contributed by atoms with Crippen molar-refractivity contribution in [3.8, 4) is 0 Å². The smallest absolute Gasteiger partial charge is 0.305 e. The monoisotopic (exact) mass is 427 g/mol. The van der Waals surface area contributed by atoms with E-state index in [4.69, 9.17) is 23.2 Å². The van der Waals surface area contributed by atoms with E-state index in [-0.39, 0.29) is 28.0 Å². The second-order valence-electron chi connectivity index (χ2n) is 6.08. The lowest BCUT2D eigenvalue weighted by molar-refractivity contribution is -0.137. The zero-order chi connectivity index (χ0) is 20.5. The molecule has 1 amide bonds. The normalized spacial score (nSPS) is 11.5. The fraction of sp³-hybridized carbons (Fsp3) is 0.158. The van der Waals surface area contributed by atoms with Gasteiger partial charge >= 0.3 is 6.18 Å². The number of aryl methyl sites for hydroxylation is 1. The molecule has 9 heteroatoms. The molecule has 0 aliphatic carbocycles. The maximum absolute atomic E-state index is 12.9. The Morgan fingerprint density at radius 2 is 1.86 bits per heavy atom. The summed E-state index contributed by atoms with van der Waals surface area (Å²) in [6, 6.07) is 11.3. The number of rotatable bonds is 4. The van der Waals surface area contributed by atoms with Gasteiger partial charge in [0.2, 0.25) is 0 Å². The van der Waals surface area contributed by atoms with Crippen LogP contribution >= 0.6 is 23.2 Å². The van der Waals surface area contributed by atoms with E-state index in [0.717, 1.165) is 12.1 Å². The molecule has 0 unspecified atom stereocenters. The average Bonchev–Trinajstić information content (AvgIpc) is 2.95. The summed E-state index contributed by atoms with van der Waals surface area (Å²) in [5, 5.41) is 7.23. The second kappa shape index (κ2) is 7.85. The largest absolute Gasteiger partial charge is 0.416 e. The van der Waals surface area contributed by atoms with Crippen LogP contribution in [0.3, 0.4) is 0 Å². The zero-order valence-electron chi connectivity index (χ0n) is 14.5. The summed E-state index contributed by atoms with van der Waals surface area (Å²) in [6.07, 6.45) is -4.41. The van der Waals surface area contributed by atoms with E-state index in [1.165, 1.54) is 16.8 Å². The SMILES string of the molecule is Cc1cc(NC(=O)c2cccc(Cl)c2Cl)nn1Cc1cccc(C(F)(F)F)c1. The van der Waals surface area contributed by atoms with Crippen molar-refractivity contribution < 1.29 is 18.0 Å². The fourth-order valence-corrected chi connectivity index (χ4v) is 3.00. The van der Waals surface area contributed by atoms with Crippen LogP contribution in [0, 0.1) is 6.92 Å². The Morgan fingerprint density at radius 1 is 1.14 bits per heavy atom. The lowest BCUT2D eigenvalue weighted by atomic mass is 10.1. The minimum Gasteiger partial charge on any atom is -0.305 e. The molecule has 0 aliphatic rings. The standard InChI is InChI=1S/C19H14Cl2F3N3O/c1-11-8-16(25-18(28)14-6-3-7-15(20)17(14)21)26-27(11)10-12-4-2-5-13(9-12)19(22,23)24/h2-9H,10H2,1H3,(H,25,26,28). The molecular weight excluding hydrogens is 414 g/mol. The van der Waals surface area contributed by atoms with Crippen molar-refractivity contribution in [2.75, 3.05) is 5.32 Å². The molecule has 0 saturated heterocycles. The second-order valence-corrected chi connectivity index (χ2v) is 6.87. The van der Waals surface area contributed by atoms with Crippen LogP contribution < -0.4 is 5.32 Å². The predicted octanol–water partition coefficient (Wildman–Crippen LogP) is 5.82. The molecule has 0 radical (unpaired) electrons. The van der Waals surface area contributed by atoms with Crippen LogP contribution in [-0.4, -0.2) is 15.7 Å². The van der Waals surface area contributed by atoms with Crippen molar-refractivity contribution in [3.05, 3.63) is 81.0 Å². The van der Waals surface area contributed by atoms with Gasteiger partial charge in [-0.15, -0.1) is 0 Å².